The third-order valence-corrected chi connectivity index (χ3v) is 2.74. The Bertz CT molecular complexity index is 337. The van der Waals surface area contributed by atoms with E-state index in [0.717, 1.165) is 6.42 Å². The highest BCUT2D eigenvalue weighted by Gasteiger charge is 2.26. The summed E-state index contributed by atoms with van der Waals surface area (Å²) in [5.74, 6) is 0.0170. The number of amides is 2. The minimum absolute atomic E-state index is 0.0585. The molecule has 0 aliphatic carbocycles. The van der Waals surface area contributed by atoms with Gasteiger partial charge in [0, 0.05) is 38.4 Å². The van der Waals surface area contributed by atoms with Gasteiger partial charge < -0.3 is 16.0 Å². The van der Waals surface area contributed by atoms with E-state index >= 15 is 0 Å². The van der Waals surface area contributed by atoms with Crippen LogP contribution in [-0.2, 0) is 9.59 Å². The number of nitrogens with zero attached hydrogens (tertiary/aromatic N) is 1. The summed E-state index contributed by atoms with van der Waals surface area (Å²) in [4.78, 5) is 25.2. The SMILES string of the molecule is CC(=O)NCCCN(CCC(N)=S)C(=O)C(C)(C)C. The van der Waals surface area contributed by atoms with Gasteiger partial charge in [-0.1, -0.05) is 33.0 Å². The maximum absolute atomic E-state index is 12.3. The lowest BCUT2D eigenvalue weighted by atomic mass is 9.94. The molecule has 2 amide bonds. The van der Waals surface area contributed by atoms with Crippen LogP contribution in [0.5, 0.6) is 0 Å². The molecule has 5 nitrogen and oxygen atoms in total. The number of nitrogens with two attached hydrogens (primary N) is 1. The number of rotatable bonds is 7. The van der Waals surface area contributed by atoms with Crippen molar-refractivity contribution in [2.24, 2.45) is 11.1 Å². The molecule has 0 aromatic rings. The van der Waals surface area contributed by atoms with Gasteiger partial charge in [-0.3, -0.25) is 9.59 Å². The van der Waals surface area contributed by atoms with Crippen LogP contribution in [0.2, 0.25) is 0 Å². The van der Waals surface area contributed by atoms with Crippen LogP contribution in [0.3, 0.4) is 0 Å². The molecule has 0 saturated heterocycles. The fourth-order valence-corrected chi connectivity index (χ4v) is 1.66. The first-order valence-electron chi connectivity index (χ1n) is 6.46. The molecule has 6 heteroatoms. The van der Waals surface area contributed by atoms with Gasteiger partial charge in [0.1, 0.15) is 0 Å². The minimum Gasteiger partial charge on any atom is -0.393 e. The normalized spacial score (nSPS) is 10.9. The van der Waals surface area contributed by atoms with Crippen LogP contribution >= 0.6 is 12.2 Å². The standard InChI is InChI=1S/C13H25N3O2S/c1-10(17)15-7-5-8-16(9-6-11(14)19)12(18)13(2,3)4/h5-9H2,1-4H3,(H2,14,19)(H,15,17). The van der Waals surface area contributed by atoms with E-state index < -0.39 is 5.41 Å². The molecule has 0 aromatic heterocycles. The first-order valence-corrected chi connectivity index (χ1v) is 6.87. The van der Waals surface area contributed by atoms with Crippen LogP contribution in [0.15, 0.2) is 0 Å². The number of hydrogen-bond donors (Lipinski definition) is 2. The summed E-state index contributed by atoms with van der Waals surface area (Å²) in [6.45, 7) is 8.83. The Kier molecular flexibility index (Phi) is 7.59. The van der Waals surface area contributed by atoms with Crippen LogP contribution < -0.4 is 11.1 Å². The Balaban J connectivity index is 4.37. The fraction of sp³-hybridized carbons (Fsp3) is 0.769. The van der Waals surface area contributed by atoms with Crippen molar-refractivity contribution in [3.63, 3.8) is 0 Å². The predicted molar refractivity (Wildman–Crippen MR) is 80.7 cm³/mol. The van der Waals surface area contributed by atoms with Gasteiger partial charge >= 0.3 is 0 Å². The molecule has 0 radical (unpaired) electrons. The quantitative estimate of drug-likeness (QED) is 0.542. The fourth-order valence-electron chi connectivity index (χ4n) is 1.57. The second-order valence-corrected chi connectivity index (χ2v) is 6.12. The first kappa shape index (κ1) is 17.8. The summed E-state index contributed by atoms with van der Waals surface area (Å²) in [5, 5.41) is 2.72. The van der Waals surface area contributed by atoms with Crippen LogP contribution in [0.1, 0.15) is 40.5 Å². The molecule has 0 atom stereocenters. The molecule has 110 valence electrons. The van der Waals surface area contributed by atoms with E-state index in [4.69, 9.17) is 18.0 Å². The molecule has 0 aromatic carbocycles. The van der Waals surface area contributed by atoms with Gasteiger partial charge in [0.05, 0.1) is 4.99 Å². The zero-order valence-corrected chi connectivity index (χ0v) is 13.1. The Morgan fingerprint density at radius 1 is 1.26 bits per heavy atom. The van der Waals surface area contributed by atoms with Crippen molar-refractivity contribution in [1.29, 1.82) is 0 Å². The van der Waals surface area contributed by atoms with E-state index in [9.17, 15) is 9.59 Å². The zero-order chi connectivity index (χ0) is 15.1. The van der Waals surface area contributed by atoms with Crippen molar-refractivity contribution in [3.05, 3.63) is 0 Å². The Morgan fingerprint density at radius 3 is 2.26 bits per heavy atom. The molecule has 0 spiro atoms. The highest BCUT2D eigenvalue weighted by atomic mass is 32.1. The lowest BCUT2D eigenvalue weighted by Gasteiger charge is -2.29. The van der Waals surface area contributed by atoms with E-state index in [2.05, 4.69) is 5.32 Å². The van der Waals surface area contributed by atoms with E-state index in [1.165, 1.54) is 6.92 Å². The lowest BCUT2D eigenvalue weighted by Crippen LogP contribution is -2.42. The number of carbonyl (C=O) groups is 2. The summed E-state index contributed by atoms with van der Waals surface area (Å²) in [6, 6.07) is 0. The first-order chi connectivity index (χ1) is 8.64. The van der Waals surface area contributed by atoms with Crippen LogP contribution in [0.4, 0.5) is 0 Å². The second kappa shape index (κ2) is 8.09. The summed E-state index contributed by atoms with van der Waals surface area (Å²) < 4.78 is 0. The summed E-state index contributed by atoms with van der Waals surface area (Å²) in [7, 11) is 0. The third-order valence-electron chi connectivity index (χ3n) is 2.54. The van der Waals surface area contributed by atoms with Crippen molar-refractivity contribution in [2.75, 3.05) is 19.6 Å². The molecule has 19 heavy (non-hydrogen) atoms. The minimum atomic E-state index is -0.426. The Hall–Kier alpha value is -1.17. The number of thiocarbonyl (C=S) groups is 1. The summed E-state index contributed by atoms with van der Waals surface area (Å²) in [6.07, 6.45) is 1.25. The van der Waals surface area contributed by atoms with E-state index in [1.54, 1.807) is 4.90 Å². The number of carbonyl (C=O) groups excluding carboxylic acids is 2. The summed E-state index contributed by atoms with van der Waals surface area (Å²) >= 11 is 4.85. The molecule has 0 unspecified atom stereocenters. The average Bonchev–Trinajstić information content (AvgIpc) is 2.25. The predicted octanol–water partition coefficient (Wildman–Crippen LogP) is 1.06. The number of hydrogen-bond acceptors (Lipinski definition) is 3. The highest BCUT2D eigenvalue weighted by molar-refractivity contribution is 7.80. The maximum atomic E-state index is 12.3. The molecule has 0 fully saturated rings. The third kappa shape index (κ3) is 8.53. The average molecular weight is 287 g/mol. The largest absolute Gasteiger partial charge is 0.393 e. The zero-order valence-electron chi connectivity index (χ0n) is 12.3. The Labute approximate surface area is 120 Å². The molecule has 0 aliphatic heterocycles. The topological polar surface area (TPSA) is 75.4 Å². The number of nitrogens with one attached hydrogen (secondary N) is 1. The van der Waals surface area contributed by atoms with E-state index in [-0.39, 0.29) is 11.8 Å². The van der Waals surface area contributed by atoms with Gasteiger partial charge in [0.25, 0.3) is 0 Å². The van der Waals surface area contributed by atoms with Gasteiger partial charge in [-0.25, -0.2) is 0 Å². The Morgan fingerprint density at radius 2 is 1.84 bits per heavy atom. The molecular formula is C13H25N3O2S. The van der Waals surface area contributed by atoms with Gasteiger partial charge in [-0.05, 0) is 6.42 Å². The second-order valence-electron chi connectivity index (χ2n) is 5.60. The van der Waals surface area contributed by atoms with E-state index in [0.29, 0.717) is 31.0 Å². The maximum Gasteiger partial charge on any atom is 0.227 e. The smallest absolute Gasteiger partial charge is 0.227 e. The van der Waals surface area contributed by atoms with Crippen molar-refractivity contribution >= 4 is 29.0 Å². The van der Waals surface area contributed by atoms with Crippen LogP contribution in [-0.4, -0.2) is 41.3 Å². The summed E-state index contributed by atoms with van der Waals surface area (Å²) in [5.41, 5.74) is 5.05. The van der Waals surface area contributed by atoms with Gasteiger partial charge in [0.15, 0.2) is 0 Å². The molecule has 3 N–H and O–H groups in total. The molecule has 0 rings (SSSR count). The monoisotopic (exact) mass is 287 g/mol. The van der Waals surface area contributed by atoms with Crippen molar-refractivity contribution in [1.82, 2.24) is 10.2 Å². The van der Waals surface area contributed by atoms with Crippen molar-refractivity contribution in [3.8, 4) is 0 Å². The lowest BCUT2D eigenvalue weighted by molar-refractivity contribution is -0.139. The molecule has 0 aliphatic rings. The van der Waals surface area contributed by atoms with Crippen molar-refractivity contribution < 1.29 is 9.59 Å². The molecule has 0 heterocycles. The highest BCUT2D eigenvalue weighted by Crippen LogP contribution is 2.17. The van der Waals surface area contributed by atoms with Crippen LogP contribution in [0, 0.1) is 5.41 Å². The molecule has 0 saturated carbocycles. The van der Waals surface area contributed by atoms with Gasteiger partial charge in [-0.15, -0.1) is 0 Å². The van der Waals surface area contributed by atoms with E-state index in [1.807, 2.05) is 20.8 Å². The van der Waals surface area contributed by atoms with Gasteiger partial charge in [-0.2, -0.15) is 0 Å². The molecule has 0 bridgehead atoms. The van der Waals surface area contributed by atoms with Crippen molar-refractivity contribution in [2.45, 2.75) is 40.5 Å². The van der Waals surface area contributed by atoms with Gasteiger partial charge in [0.2, 0.25) is 11.8 Å². The molecular weight excluding hydrogens is 262 g/mol. The van der Waals surface area contributed by atoms with Crippen LogP contribution in [0.25, 0.3) is 0 Å².